The molecule has 0 radical (unpaired) electrons. The molecular weight excluding hydrogens is 1250 g/mol. The largest absolute Gasteiger partial charge is 0.456 e. The van der Waals surface area contributed by atoms with Gasteiger partial charge in [-0.1, -0.05) is 250 Å². The molecule has 0 fully saturated rings. The van der Waals surface area contributed by atoms with Crippen molar-refractivity contribution >= 4 is 145 Å². The molecule has 20 rings (SSSR count). The third kappa shape index (κ3) is 9.34. The van der Waals surface area contributed by atoms with E-state index >= 15 is 0 Å². The monoisotopic (exact) mass is 1340 g/mol. The molecule has 14 aromatic carbocycles. The smallest absolute Gasteiger partial charge is 0.252 e. The van der Waals surface area contributed by atoms with E-state index in [1.165, 1.54) is 0 Å². The van der Waals surface area contributed by atoms with Crippen LogP contribution < -0.4 is 26.2 Å². The van der Waals surface area contributed by atoms with Gasteiger partial charge in [0, 0.05) is 66.3 Å². The van der Waals surface area contributed by atoms with Crippen LogP contribution in [0.15, 0.2) is 300 Å². The molecule has 494 valence electrons. The molecule has 2 aliphatic heterocycles. The fourth-order valence-electron chi connectivity index (χ4n) is 16.4. The maximum Gasteiger partial charge on any atom is 0.252 e. The summed E-state index contributed by atoms with van der Waals surface area (Å²) in [4.78, 5) is 4.62. The molecular formula is C96H75BN4O2. The number of nitrogens with zero attached hydrogens (tertiary/aromatic N) is 4. The van der Waals surface area contributed by atoms with Crippen LogP contribution in [0.1, 0.15) is 96.8 Å². The number of anilines is 6. The Kier molecular flexibility index (Phi) is 10.5. The Balaban J connectivity index is 1.02. The third-order valence-electron chi connectivity index (χ3n) is 21.5. The first-order valence-corrected chi connectivity index (χ1v) is 35.2. The van der Waals surface area contributed by atoms with E-state index in [1.807, 2.05) is 97.1 Å². The van der Waals surface area contributed by atoms with Crippen molar-refractivity contribution in [2.24, 2.45) is 0 Å². The zero-order chi connectivity index (χ0) is 80.8. The van der Waals surface area contributed by atoms with Gasteiger partial charge in [0.25, 0.3) is 6.71 Å². The van der Waals surface area contributed by atoms with Gasteiger partial charge in [0.15, 0.2) is 0 Å². The molecule has 6 heterocycles. The minimum Gasteiger partial charge on any atom is -0.456 e. The van der Waals surface area contributed by atoms with Crippen LogP contribution in [0.5, 0.6) is 0 Å². The molecule has 6 nitrogen and oxygen atoms in total. The van der Waals surface area contributed by atoms with Gasteiger partial charge in [0.05, 0.1) is 67.7 Å². The van der Waals surface area contributed by atoms with Crippen LogP contribution in [-0.2, 0) is 16.2 Å². The van der Waals surface area contributed by atoms with Gasteiger partial charge < -0.3 is 27.8 Å². The Bertz CT molecular complexity index is 7230. The molecule has 0 bridgehead atoms. The molecule has 0 unspecified atom stereocenters. The summed E-state index contributed by atoms with van der Waals surface area (Å²) in [6.45, 7) is 19.2. The van der Waals surface area contributed by atoms with Crippen LogP contribution in [0.25, 0.3) is 132 Å². The molecule has 0 atom stereocenters. The number of para-hydroxylation sites is 4. The number of rotatable bonds is 7. The van der Waals surface area contributed by atoms with Gasteiger partial charge in [-0.3, -0.25) is 0 Å². The number of hydrogen-bond donors (Lipinski definition) is 0. The molecule has 4 aromatic heterocycles. The summed E-state index contributed by atoms with van der Waals surface area (Å²) in [5, 5.41) is 5.16. The third-order valence-corrected chi connectivity index (χ3v) is 21.5. The van der Waals surface area contributed by atoms with Gasteiger partial charge in [0.1, 0.15) is 22.3 Å². The van der Waals surface area contributed by atoms with E-state index in [1.54, 1.807) is 4.57 Å². The topological polar surface area (TPSA) is 42.6 Å². The lowest BCUT2D eigenvalue weighted by Gasteiger charge is -2.45. The summed E-state index contributed by atoms with van der Waals surface area (Å²) in [6, 6.07) is 66.9. The summed E-state index contributed by atoms with van der Waals surface area (Å²) in [6.07, 6.45) is 0. The van der Waals surface area contributed by atoms with Crippen molar-refractivity contribution in [1.29, 1.82) is 0 Å². The standard InChI is InChI=1S/C96H75BN4O2/c1-94(2,3)63-39-36-60(37-40-63)68-44-49-88-91(72-31-19-23-35-87(72)102-88)93(68)101-81-50-61(58-24-12-10-13-25-58)38-45-75(81)97-76-46-43-66(98-77-32-20-16-28-69(77)70-29-17-21-33-78(70)98)55-82(76)100(83-51-62(59-26-14-11-15-27-59)52-89-90(83)71-30-18-22-34-86(71)103-89)84-56-67(57-85(101)92(84)97)99-79-47-41-64(95(4,5)6)53-73(79)74-54-65(96(7,8)9)42-48-80(74)99/h10-57H,1-9H3/i10D,12D,13D,16D,17D,20D,21D,24D,25D,28D,29D,32D,33D. The van der Waals surface area contributed by atoms with Crippen molar-refractivity contribution in [3.05, 3.63) is 308 Å². The SMILES string of the molecule is [2H]c1c([2H])c([2H])c(-c2ccc3c(c2)N(c2c(-c4ccc(C(C)(C)C)cc4)ccc4oc5ccccc5c24)c2cc(-n4c5ccc(C(C)(C)C)cc5c5cc(C(C)(C)C)ccc54)cc4c2B3c2ccc(-n3c5c([2H])c([2H])c([2H])c([2H])c5c5c([2H])c([2H])c([2H])c([2H])c53)cc2N4c2cc(-c3ccccc3)cc3oc4ccccc4c23)c([2H])c1[2H]. The van der Waals surface area contributed by atoms with Gasteiger partial charge in [-0.2, -0.15) is 0 Å². The molecule has 2 aliphatic rings. The summed E-state index contributed by atoms with van der Waals surface area (Å²) >= 11 is 0. The molecule has 0 amide bonds. The van der Waals surface area contributed by atoms with E-state index < -0.39 is 73.2 Å². The highest BCUT2D eigenvalue weighted by Crippen LogP contribution is 2.55. The highest BCUT2D eigenvalue weighted by Gasteiger charge is 2.46. The maximum absolute atomic E-state index is 9.88. The van der Waals surface area contributed by atoms with E-state index in [-0.39, 0.29) is 55.7 Å². The molecule has 103 heavy (non-hydrogen) atoms. The zero-order valence-corrected chi connectivity index (χ0v) is 58.4. The minimum atomic E-state index is -0.757. The average molecular weight is 1340 g/mol. The predicted octanol–water partition coefficient (Wildman–Crippen LogP) is 24.7. The number of aromatic nitrogens is 2. The van der Waals surface area contributed by atoms with Crippen LogP contribution in [0.4, 0.5) is 34.1 Å². The Morgan fingerprint density at radius 3 is 1.47 bits per heavy atom. The first kappa shape index (κ1) is 48.7. The van der Waals surface area contributed by atoms with E-state index in [2.05, 4.69) is 192 Å². The molecule has 0 aliphatic carbocycles. The van der Waals surface area contributed by atoms with Crippen molar-refractivity contribution in [2.45, 2.75) is 78.6 Å². The first-order chi connectivity index (χ1) is 55.4. The predicted molar refractivity (Wildman–Crippen MR) is 436 cm³/mol. The number of benzene rings is 14. The molecule has 0 saturated carbocycles. The highest BCUT2D eigenvalue weighted by atomic mass is 16.3. The average Bonchev–Trinajstić information content (AvgIpc) is 1.27. The van der Waals surface area contributed by atoms with Crippen molar-refractivity contribution in [1.82, 2.24) is 9.13 Å². The quantitative estimate of drug-likeness (QED) is 0.149. The Morgan fingerprint density at radius 1 is 0.311 bits per heavy atom. The zero-order valence-electron chi connectivity index (χ0n) is 71.4. The lowest BCUT2D eigenvalue weighted by molar-refractivity contribution is 0.590. The second-order valence-corrected chi connectivity index (χ2v) is 30.7. The summed E-state index contributed by atoms with van der Waals surface area (Å²) in [5.41, 5.74) is 18.2. The molecule has 18 aromatic rings. The van der Waals surface area contributed by atoms with Gasteiger partial charge in [-0.15, -0.1) is 0 Å². The van der Waals surface area contributed by atoms with Crippen molar-refractivity contribution < 1.29 is 26.7 Å². The minimum absolute atomic E-state index is 0.00937. The van der Waals surface area contributed by atoms with Crippen LogP contribution in [0.2, 0.25) is 0 Å². The fourth-order valence-corrected chi connectivity index (χ4v) is 16.4. The Morgan fingerprint density at radius 2 is 0.825 bits per heavy atom. The van der Waals surface area contributed by atoms with Gasteiger partial charge in [0.2, 0.25) is 0 Å². The van der Waals surface area contributed by atoms with Crippen molar-refractivity contribution in [3.8, 4) is 44.8 Å². The second-order valence-electron chi connectivity index (χ2n) is 30.7. The van der Waals surface area contributed by atoms with Crippen molar-refractivity contribution in [2.75, 3.05) is 9.80 Å². The van der Waals surface area contributed by atoms with E-state index in [0.29, 0.717) is 62.0 Å². The summed E-state index contributed by atoms with van der Waals surface area (Å²) in [5.74, 6) is 0. The second kappa shape index (κ2) is 22.2. The Hall–Kier alpha value is -12.1. The first-order valence-electron chi connectivity index (χ1n) is 41.7. The van der Waals surface area contributed by atoms with Crippen LogP contribution in [-0.4, -0.2) is 15.8 Å². The van der Waals surface area contributed by atoms with Crippen LogP contribution in [0.3, 0.4) is 0 Å². The van der Waals surface area contributed by atoms with Crippen LogP contribution >= 0.6 is 0 Å². The maximum atomic E-state index is 9.88. The lowest BCUT2D eigenvalue weighted by atomic mass is 9.33. The fraction of sp³-hybridized carbons (Fsp3) is 0.125. The van der Waals surface area contributed by atoms with E-state index in [0.717, 1.165) is 110 Å². The van der Waals surface area contributed by atoms with E-state index in [9.17, 15) is 13.7 Å². The normalized spacial score (nSPS) is 15.0. The van der Waals surface area contributed by atoms with Gasteiger partial charge >= 0.3 is 0 Å². The molecule has 0 spiro atoms. The summed E-state index contributed by atoms with van der Waals surface area (Å²) < 4.78 is 141. The number of furan rings is 2. The Labute approximate surface area is 618 Å². The number of fused-ring (bicyclic) bond motifs is 16. The highest BCUT2D eigenvalue weighted by molar-refractivity contribution is 7.00. The molecule has 7 heteroatoms. The number of hydrogen-bond acceptors (Lipinski definition) is 4. The van der Waals surface area contributed by atoms with Crippen molar-refractivity contribution in [3.63, 3.8) is 0 Å². The molecule has 0 saturated heterocycles. The van der Waals surface area contributed by atoms with E-state index in [4.69, 9.17) is 12.9 Å². The molecule has 0 N–H and O–H groups in total. The lowest BCUT2D eigenvalue weighted by Crippen LogP contribution is -2.61. The summed E-state index contributed by atoms with van der Waals surface area (Å²) in [7, 11) is 0. The van der Waals surface area contributed by atoms with Gasteiger partial charge in [-0.25, -0.2) is 0 Å². The van der Waals surface area contributed by atoms with Crippen LogP contribution in [0, 0.1) is 0 Å². The van der Waals surface area contributed by atoms with Gasteiger partial charge in [-0.05, 0) is 180 Å².